The molecule has 1 aliphatic rings. The second kappa shape index (κ2) is 4.07. The zero-order valence-corrected chi connectivity index (χ0v) is 10.2. The number of benzene rings is 1. The molecule has 1 aromatic rings. The Kier molecular flexibility index (Phi) is 2.91. The molecule has 4 heteroatoms. The van der Waals surface area contributed by atoms with Gasteiger partial charge in [0.1, 0.15) is 5.78 Å². The van der Waals surface area contributed by atoms with Gasteiger partial charge in [-0.15, -0.1) is 0 Å². The number of anilines is 1. The van der Waals surface area contributed by atoms with Crippen LogP contribution in [0.3, 0.4) is 0 Å². The lowest BCUT2D eigenvalue weighted by Gasteiger charge is -2.32. The number of carbonyl (C=O) groups is 1. The van der Waals surface area contributed by atoms with E-state index in [4.69, 9.17) is 17.3 Å². The highest BCUT2D eigenvalue weighted by molar-refractivity contribution is 6.33. The number of halogens is 1. The fraction of sp³-hybridized carbons (Fsp3) is 0.417. The van der Waals surface area contributed by atoms with E-state index in [0.29, 0.717) is 10.7 Å². The van der Waals surface area contributed by atoms with E-state index in [2.05, 4.69) is 4.90 Å². The quantitative estimate of drug-likeness (QED) is 0.760. The molecular weight excluding hydrogens is 224 g/mol. The lowest BCUT2D eigenvalue weighted by molar-refractivity contribution is -0.122. The van der Waals surface area contributed by atoms with Crippen LogP contribution in [0.15, 0.2) is 12.1 Å². The SMILES string of the molecule is CC(=O)C1Cc2cc(N)c(Cl)cc2CN1C. The second-order valence-corrected chi connectivity index (χ2v) is 4.80. The van der Waals surface area contributed by atoms with Gasteiger partial charge in [0.15, 0.2) is 0 Å². The smallest absolute Gasteiger partial charge is 0.147 e. The molecule has 1 atom stereocenters. The van der Waals surface area contributed by atoms with Crippen molar-refractivity contribution in [3.63, 3.8) is 0 Å². The third kappa shape index (κ3) is 1.93. The first-order chi connectivity index (χ1) is 7.49. The summed E-state index contributed by atoms with van der Waals surface area (Å²) in [6, 6.07) is 3.76. The van der Waals surface area contributed by atoms with Crippen molar-refractivity contribution in [2.24, 2.45) is 0 Å². The molecule has 1 heterocycles. The van der Waals surface area contributed by atoms with Crippen molar-refractivity contribution >= 4 is 23.1 Å². The summed E-state index contributed by atoms with van der Waals surface area (Å²) in [5.74, 6) is 0.196. The Balaban J connectivity index is 2.39. The maximum Gasteiger partial charge on any atom is 0.147 e. The van der Waals surface area contributed by atoms with Gasteiger partial charge in [-0.3, -0.25) is 9.69 Å². The monoisotopic (exact) mass is 238 g/mol. The number of ketones is 1. The number of hydrogen-bond acceptors (Lipinski definition) is 3. The average Bonchev–Trinajstić information content (AvgIpc) is 2.19. The van der Waals surface area contributed by atoms with Gasteiger partial charge in [0, 0.05) is 6.54 Å². The molecule has 86 valence electrons. The number of Topliss-reactive ketones (excluding diaryl/α,β-unsaturated/α-hetero) is 1. The van der Waals surface area contributed by atoms with E-state index in [-0.39, 0.29) is 11.8 Å². The van der Waals surface area contributed by atoms with Gasteiger partial charge in [-0.1, -0.05) is 11.6 Å². The lowest BCUT2D eigenvalue weighted by atomic mass is 9.92. The number of nitrogens with zero attached hydrogens (tertiary/aromatic N) is 1. The molecule has 0 saturated carbocycles. The predicted octanol–water partition coefficient (Wildman–Crippen LogP) is 1.87. The molecule has 2 N–H and O–H groups in total. The van der Waals surface area contributed by atoms with Crippen molar-refractivity contribution in [1.82, 2.24) is 4.90 Å². The molecular formula is C12H15ClN2O. The Labute approximate surface area is 100 Å². The first kappa shape index (κ1) is 11.4. The molecule has 0 amide bonds. The molecule has 1 unspecified atom stereocenters. The van der Waals surface area contributed by atoms with E-state index >= 15 is 0 Å². The van der Waals surface area contributed by atoms with E-state index in [1.165, 1.54) is 5.56 Å². The molecule has 0 saturated heterocycles. The third-order valence-electron chi connectivity index (χ3n) is 3.15. The van der Waals surface area contributed by atoms with E-state index in [0.717, 1.165) is 18.5 Å². The zero-order valence-electron chi connectivity index (χ0n) is 9.46. The summed E-state index contributed by atoms with van der Waals surface area (Å²) in [5, 5.41) is 0.591. The molecule has 3 nitrogen and oxygen atoms in total. The van der Waals surface area contributed by atoms with Crippen LogP contribution in [0.4, 0.5) is 5.69 Å². The average molecular weight is 239 g/mol. The maximum absolute atomic E-state index is 11.5. The van der Waals surface area contributed by atoms with E-state index < -0.39 is 0 Å². The van der Waals surface area contributed by atoms with Crippen LogP contribution in [0.5, 0.6) is 0 Å². The summed E-state index contributed by atoms with van der Waals surface area (Å²) in [6.45, 7) is 2.38. The van der Waals surface area contributed by atoms with Gasteiger partial charge in [0.2, 0.25) is 0 Å². The Morgan fingerprint density at radius 3 is 2.81 bits per heavy atom. The molecule has 16 heavy (non-hydrogen) atoms. The number of hydrogen-bond donors (Lipinski definition) is 1. The Hall–Kier alpha value is -1.06. The van der Waals surface area contributed by atoms with Crippen LogP contribution in [0.1, 0.15) is 18.1 Å². The molecule has 1 aromatic carbocycles. The van der Waals surface area contributed by atoms with Crippen LogP contribution < -0.4 is 5.73 Å². The topological polar surface area (TPSA) is 46.3 Å². The standard InChI is InChI=1S/C12H15ClN2O/c1-7(16)12-5-8-4-11(14)10(13)3-9(8)6-15(12)2/h3-4,12H,5-6,14H2,1-2H3. The first-order valence-corrected chi connectivity index (χ1v) is 5.64. The number of nitrogens with two attached hydrogens (primary N) is 1. The van der Waals surface area contributed by atoms with E-state index in [1.54, 1.807) is 6.92 Å². The number of likely N-dealkylation sites (N-methyl/N-ethyl adjacent to an activating group) is 1. The summed E-state index contributed by atoms with van der Waals surface area (Å²) in [5.41, 5.74) is 8.66. The Morgan fingerprint density at radius 1 is 1.50 bits per heavy atom. The molecule has 1 aliphatic heterocycles. The number of rotatable bonds is 1. The molecule has 0 fully saturated rings. The molecule has 0 aromatic heterocycles. The van der Waals surface area contributed by atoms with Crippen molar-refractivity contribution in [2.75, 3.05) is 12.8 Å². The molecule has 0 bridgehead atoms. The van der Waals surface area contributed by atoms with Gasteiger partial charge in [-0.2, -0.15) is 0 Å². The molecule has 0 spiro atoms. The van der Waals surface area contributed by atoms with Gasteiger partial charge in [-0.05, 0) is 43.7 Å². The van der Waals surface area contributed by atoms with E-state index in [9.17, 15) is 4.79 Å². The highest BCUT2D eigenvalue weighted by Gasteiger charge is 2.26. The normalized spacial score (nSPS) is 20.6. The number of nitrogen functional groups attached to an aromatic ring is 1. The summed E-state index contributed by atoms with van der Waals surface area (Å²) in [4.78, 5) is 13.5. The largest absolute Gasteiger partial charge is 0.398 e. The number of fused-ring (bicyclic) bond motifs is 1. The lowest BCUT2D eigenvalue weighted by Crippen LogP contribution is -2.42. The predicted molar refractivity (Wildman–Crippen MR) is 65.5 cm³/mol. The Bertz CT molecular complexity index is 445. The summed E-state index contributed by atoms with van der Waals surface area (Å²) < 4.78 is 0. The fourth-order valence-electron chi connectivity index (χ4n) is 2.21. The van der Waals surface area contributed by atoms with Crippen LogP contribution in [0.25, 0.3) is 0 Å². The molecule has 0 aliphatic carbocycles. The Morgan fingerprint density at radius 2 is 2.19 bits per heavy atom. The van der Waals surface area contributed by atoms with E-state index in [1.807, 2.05) is 19.2 Å². The first-order valence-electron chi connectivity index (χ1n) is 5.26. The second-order valence-electron chi connectivity index (χ2n) is 4.39. The summed E-state index contributed by atoms with van der Waals surface area (Å²) >= 11 is 5.98. The van der Waals surface area contributed by atoms with Crippen LogP contribution in [0, 0.1) is 0 Å². The van der Waals surface area contributed by atoms with Crippen molar-refractivity contribution in [2.45, 2.75) is 25.9 Å². The fourth-order valence-corrected chi connectivity index (χ4v) is 2.40. The van der Waals surface area contributed by atoms with Crippen molar-refractivity contribution in [3.8, 4) is 0 Å². The highest BCUT2D eigenvalue weighted by atomic mass is 35.5. The summed E-state index contributed by atoms with van der Waals surface area (Å²) in [6.07, 6.45) is 0.725. The van der Waals surface area contributed by atoms with Crippen LogP contribution in [-0.2, 0) is 17.8 Å². The van der Waals surface area contributed by atoms with Crippen LogP contribution >= 0.6 is 11.6 Å². The highest BCUT2D eigenvalue weighted by Crippen LogP contribution is 2.29. The summed E-state index contributed by atoms with van der Waals surface area (Å²) in [7, 11) is 1.96. The minimum Gasteiger partial charge on any atom is -0.398 e. The van der Waals surface area contributed by atoms with Gasteiger partial charge >= 0.3 is 0 Å². The van der Waals surface area contributed by atoms with Crippen molar-refractivity contribution < 1.29 is 4.79 Å². The van der Waals surface area contributed by atoms with Gasteiger partial charge in [0.25, 0.3) is 0 Å². The molecule has 0 radical (unpaired) electrons. The van der Waals surface area contributed by atoms with Gasteiger partial charge in [-0.25, -0.2) is 0 Å². The van der Waals surface area contributed by atoms with Gasteiger partial charge < -0.3 is 5.73 Å². The van der Waals surface area contributed by atoms with Crippen molar-refractivity contribution in [3.05, 3.63) is 28.3 Å². The zero-order chi connectivity index (χ0) is 11.9. The molecule has 2 rings (SSSR count). The maximum atomic E-state index is 11.5. The minimum absolute atomic E-state index is 0.0342. The van der Waals surface area contributed by atoms with Gasteiger partial charge in [0.05, 0.1) is 16.8 Å². The number of carbonyl (C=O) groups excluding carboxylic acids is 1. The minimum atomic E-state index is -0.0342. The van der Waals surface area contributed by atoms with Crippen LogP contribution in [-0.4, -0.2) is 23.8 Å². The van der Waals surface area contributed by atoms with Crippen LogP contribution in [0.2, 0.25) is 5.02 Å². The third-order valence-corrected chi connectivity index (χ3v) is 3.48. The van der Waals surface area contributed by atoms with Crippen molar-refractivity contribution in [1.29, 1.82) is 0 Å².